The maximum absolute atomic E-state index is 12.2. The number of hydrogen-bond donors (Lipinski definition) is 5. The van der Waals surface area contributed by atoms with Crippen molar-refractivity contribution in [3.63, 3.8) is 0 Å². The minimum Gasteiger partial charge on any atom is -0.369 e. The van der Waals surface area contributed by atoms with Gasteiger partial charge in [0, 0.05) is 43.6 Å². The van der Waals surface area contributed by atoms with Crippen LogP contribution in [0, 0.1) is 17.8 Å². The third-order valence-electron chi connectivity index (χ3n) is 7.81. The molecule has 1 saturated carbocycles. The molecular weight excluding hydrogens is 488 g/mol. The summed E-state index contributed by atoms with van der Waals surface area (Å²) in [5, 5.41) is 12.6. The van der Waals surface area contributed by atoms with Crippen molar-refractivity contribution in [1.29, 1.82) is 0 Å². The fourth-order valence-corrected chi connectivity index (χ4v) is 6.84. The van der Waals surface area contributed by atoms with E-state index in [0.29, 0.717) is 12.5 Å². The van der Waals surface area contributed by atoms with Crippen molar-refractivity contribution in [2.24, 2.45) is 34.2 Å². The van der Waals surface area contributed by atoms with Crippen molar-refractivity contribution in [1.82, 2.24) is 10.2 Å². The smallest absolute Gasteiger partial charge is 0.231 e. The quantitative estimate of drug-likeness (QED) is 0.345. The molecule has 0 spiro atoms. The number of carbonyl (C=O) groups excluding carboxylic acids is 2. The van der Waals surface area contributed by atoms with Crippen molar-refractivity contribution in [3.05, 3.63) is 52.7 Å². The fourth-order valence-electron chi connectivity index (χ4n) is 6.02. The van der Waals surface area contributed by atoms with Gasteiger partial charge in [-0.2, -0.15) is 0 Å². The number of hydrogen-bond acceptors (Lipinski definition) is 9. The molecule has 4 aliphatic rings. The van der Waals surface area contributed by atoms with E-state index in [1.54, 1.807) is 11.3 Å². The molecule has 2 aliphatic heterocycles. The minimum atomic E-state index is -0.353. The number of piperazine rings is 1. The van der Waals surface area contributed by atoms with E-state index >= 15 is 0 Å². The maximum atomic E-state index is 12.2. The summed E-state index contributed by atoms with van der Waals surface area (Å²) < 4.78 is 0. The van der Waals surface area contributed by atoms with Crippen molar-refractivity contribution >= 4 is 46.0 Å². The van der Waals surface area contributed by atoms with Crippen LogP contribution < -0.4 is 32.3 Å². The Morgan fingerprint density at radius 2 is 1.78 bits per heavy atom. The predicted octanol–water partition coefficient (Wildman–Crippen LogP) is 1.19. The molecule has 1 aromatic heterocycles. The lowest BCUT2D eigenvalue weighted by Gasteiger charge is -2.35. The third kappa shape index (κ3) is 4.76. The summed E-state index contributed by atoms with van der Waals surface area (Å²) in [5.74, 6) is 0.551. The molecule has 5 atom stereocenters. The largest absolute Gasteiger partial charge is 0.369 e. The van der Waals surface area contributed by atoms with Crippen molar-refractivity contribution in [2.45, 2.75) is 18.8 Å². The van der Waals surface area contributed by atoms with E-state index in [9.17, 15) is 9.59 Å². The second-order valence-corrected chi connectivity index (χ2v) is 11.1. The van der Waals surface area contributed by atoms with Gasteiger partial charge in [-0.25, -0.2) is 4.99 Å². The SMILES string of the molecule is NC(=O)CN1CCN(c2ccc(NC3N=C(N[C@@H]4C5C=CC(C5)[C@@H]4C(N)=O)c4sccc4N3)cc2)CC1. The van der Waals surface area contributed by atoms with Crippen LogP contribution >= 0.6 is 11.3 Å². The lowest BCUT2D eigenvalue weighted by molar-refractivity contribution is -0.123. The molecule has 0 radical (unpaired) electrons. The van der Waals surface area contributed by atoms with Crippen LogP contribution in [0.15, 0.2) is 52.9 Å². The number of amides is 2. The number of thiophene rings is 1. The van der Waals surface area contributed by atoms with Gasteiger partial charge in [-0.05, 0) is 54.0 Å². The number of anilines is 3. The molecule has 10 nitrogen and oxygen atoms in total. The fraction of sp³-hybridized carbons (Fsp3) is 0.423. The summed E-state index contributed by atoms with van der Waals surface area (Å²) in [5.41, 5.74) is 14.2. The standard InChI is InChI=1S/C26H32N8O2S/c27-20(35)14-33-8-10-34(11-9-33)18-5-3-17(4-6-18)29-26-30-19-7-12-37-23(19)25(32-26)31-22-16-2-1-15(13-16)21(22)24(28)36/h1-7,12,15-16,21-22,26,29-30H,8-11,13-14H2,(H2,27,35)(H2,28,36)(H,31,32)/t15?,16?,21-,22+,26?/m0/s1. The van der Waals surface area contributed by atoms with Gasteiger partial charge in [0.15, 0.2) is 6.29 Å². The monoisotopic (exact) mass is 520 g/mol. The Hall–Kier alpha value is -3.57. The van der Waals surface area contributed by atoms with Crippen LogP contribution in [0.2, 0.25) is 0 Å². The number of amidine groups is 1. The van der Waals surface area contributed by atoms with Crippen molar-refractivity contribution < 1.29 is 9.59 Å². The van der Waals surface area contributed by atoms with Gasteiger partial charge in [0.05, 0.1) is 23.0 Å². The number of nitrogens with one attached hydrogen (secondary N) is 3. The molecule has 3 unspecified atom stereocenters. The summed E-state index contributed by atoms with van der Waals surface area (Å²) in [4.78, 5) is 33.8. The van der Waals surface area contributed by atoms with Crippen LogP contribution in [0.1, 0.15) is 11.3 Å². The van der Waals surface area contributed by atoms with Crippen LogP contribution in [0.3, 0.4) is 0 Å². The number of allylic oxidation sites excluding steroid dienone is 1. The topological polar surface area (TPSA) is 141 Å². The molecular formula is C26H32N8O2S. The zero-order valence-corrected chi connectivity index (χ0v) is 21.3. The summed E-state index contributed by atoms with van der Waals surface area (Å²) in [6.45, 7) is 3.66. The molecule has 1 saturated heterocycles. The van der Waals surface area contributed by atoms with Gasteiger partial charge in [-0.1, -0.05) is 12.2 Å². The van der Waals surface area contributed by atoms with E-state index in [1.807, 2.05) is 5.38 Å². The molecule has 6 rings (SSSR count). The van der Waals surface area contributed by atoms with Gasteiger partial charge in [0.2, 0.25) is 11.8 Å². The molecule has 2 aromatic rings. The molecule has 2 aliphatic carbocycles. The van der Waals surface area contributed by atoms with Gasteiger partial charge >= 0.3 is 0 Å². The van der Waals surface area contributed by atoms with Crippen LogP contribution in [0.25, 0.3) is 0 Å². The first-order valence-electron chi connectivity index (χ1n) is 12.7. The zero-order valence-electron chi connectivity index (χ0n) is 20.5. The molecule has 194 valence electrons. The average molecular weight is 521 g/mol. The molecule has 7 N–H and O–H groups in total. The van der Waals surface area contributed by atoms with Gasteiger partial charge in [-0.3, -0.25) is 14.5 Å². The number of benzene rings is 1. The summed E-state index contributed by atoms with van der Waals surface area (Å²) >= 11 is 1.62. The molecule has 2 amide bonds. The van der Waals surface area contributed by atoms with Crippen molar-refractivity contribution in [2.75, 3.05) is 48.3 Å². The first kappa shape index (κ1) is 23.8. The Labute approximate surface area is 219 Å². The first-order chi connectivity index (χ1) is 17.9. The molecule has 1 aromatic carbocycles. The van der Waals surface area contributed by atoms with Crippen LogP contribution in [-0.4, -0.2) is 67.6 Å². The van der Waals surface area contributed by atoms with Crippen LogP contribution in [0.4, 0.5) is 17.1 Å². The van der Waals surface area contributed by atoms with Gasteiger partial charge < -0.3 is 32.3 Å². The molecule has 2 bridgehead atoms. The van der Waals surface area contributed by atoms with Gasteiger partial charge in [-0.15, -0.1) is 11.3 Å². The number of rotatable bonds is 7. The summed E-state index contributed by atoms with van der Waals surface area (Å²) in [6.07, 6.45) is 4.94. The highest BCUT2D eigenvalue weighted by Crippen LogP contribution is 2.44. The second-order valence-electron chi connectivity index (χ2n) is 10.2. The Morgan fingerprint density at radius 3 is 2.51 bits per heavy atom. The van der Waals surface area contributed by atoms with Crippen LogP contribution in [0.5, 0.6) is 0 Å². The van der Waals surface area contributed by atoms with Crippen molar-refractivity contribution in [3.8, 4) is 0 Å². The average Bonchev–Trinajstić information content (AvgIpc) is 3.61. The number of carbonyl (C=O) groups is 2. The van der Waals surface area contributed by atoms with Gasteiger partial charge in [0.1, 0.15) is 5.84 Å². The molecule has 3 heterocycles. The van der Waals surface area contributed by atoms with E-state index in [1.165, 1.54) is 0 Å². The molecule has 2 fully saturated rings. The summed E-state index contributed by atoms with van der Waals surface area (Å²) in [7, 11) is 0. The number of aliphatic imine (C=N–C) groups is 1. The van der Waals surface area contributed by atoms with E-state index in [-0.39, 0.29) is 36.0 Å². The van der Waals surface area contributed by atoms with E-state index < -0.39 is 0 Å². The Balaban J connectivity index is 1.13. The zero-order chi connectivity index (χ0) is 25.5. The second kappa shape index (κ2) is 9.71. The molecule has 37 heavy (non-hydrogen) atoms. The highest BCUT2D eigenvalue weighted by molar-refractivity contribution is 7.12. The van der Waals surface area contributed by atoms with Crippen LogP contribution in [-0.2, 0) is 9.59 Å². The Kier molecular flexibility index (Phi) is 6.25. The molecule has 11 heteroatoms. The minimum absolute atomic E-state index is 0.0392. The lowest BCUT2D eigenvalue weighted by Crippen LogP contribution is -2.49. The number of nitrogens with zero attached hydrogens (tertiary/aromatic N) is 3. The normalized spacial score (nSPS) is 28.4. The maximum Gasteiger partial charge on any atom is 0.231 e. The first-order valence-corrected chi connectivity index (χ1v) is 13.6. The number of primary amides is 2. The predicted molar refractivity (Wildman–Crippen MR) is 147 cm³/mol. The Bertz CT molecular complexity index is 1230. The van der Waals surface area contributed by atoms with Gasteiger partial charge in [0.25, 0.3) is 0 Å². The number of nitrogens with two attached hydrogens (primary N) is 2. The lowest BCUT2D eigenvalue weighted by atomic mass is 9.88. The highest BCUT2D eigenvalue weighted by Gasteiger charge is 2.48. The third-order valence-corrected chi connectivity index (χ3v) is 8.73. The van der Waals surface area contributed by atoms with E-state index in [2.05, 4.69) is 68.2 Å². The van der Waals surface area contributed by atoms with E-state index in [4.69, 9.17) is 16.5 Å². The summed E-state index contributed by atoms with van der Waals surface area (Å²) in [6, 6.07) is 10.3. The highest BCUT2D eigenvalue weighted by atomic mass is 32.1. The Morgan fingerprint density at radius 1 is 1.03 bits per heavy atom. The van der Waals surface area contributed by atoms with E-state index in [0.717, 1.165) is 60.4 Å². The number of fused-ring (bicyclic) bond motifs is 3.